The Morgan fingerprint density at radius 2 is 1.66 bits per heavy atom. The molecular weight excluding hydrogens is 417 g/mol. The largest absolute Gasteiger partial charge is 0.486 e. The van der Waals surface area contributed by atoms with Crippen molar-refractivity contribution >= 4 is 17.8 Å². The molecule has 32 heavy (non-hydrogen) atoms. The average molecular weight is 437 g/mol. The Labute approximate surface area is 183 Å². The number of rotatable bonds is 8. The average Bonchev–Trinajstić information content (AvgIpc) is 2.82. The first kappa shape index (κ1) is 22.6. The summed E-state index contributed by atoms with van der Waals surface area (Å²) < 4.78 is 24.1. The van der Waals surface area contributed by atoms with E-state index in [0.717, 1.165) is 11.8 Å². The predicted octanol–water partition coefficient (Wildman–Crippen LogP) is 2.37. The molecule has 0 aliphatic carbocycles. The van der Waals surface area contributed by atoms with Crippen molar-refractivity contribution in [2.24, 2.45) is 5.73 Å². The van der Waals surface area contributed by atoms with Gasteiger partial charge in [0.05, 0.1) is 12.1 Å². The molecule has 0 atom stereocenters. The van der Waals surface area contributed by atoms with Crippen LogP contribution in [0.25, 0.3) is 0 Å². The monoisotopic (exact) mass is 437 g/mol. The van der Waals surface area contributed by atoms with Gasteiger partial charge in [0.25, 0.3) is 5.91 Å². The minimum Gasteiger partial charge on any atom is -0.486 e. The molecule has 3 aromatic rings. The van der Waals surface area contributed by atoms with Gasteiger partial charge in [-0.3, -0.25) is 14.9 Å². The van der Waals surface area contributed by atoms with Crippen molar-refractivity contribution in [1.82, 2.24) is 10.3 Å². The van der Waals surface area contributed by atoms with E-state index in [4.69, 9.17) is 15.2 Å². The molecule has 0 radical (unpaired) electrons. The predicted molar refractivity (Wildman–Crippen MR) is 112 cm³/mol. The number of nitrogens with zero attached hydrogens (tertiary/aromatic N) is 1. The maximum atomic E-state index is 13.1. The van der Waals surface area contributed by atoms with Crippen molar-refractivity contribution in [3.63, 3.8) is 0 Å². The molecule has 0 unspecified atom stereocenters. The van der Waals surface area contributed by atoms with Gasteiger partial charge in [-0.05, 0) is 29.3 Å². The van der Waals surface area contributed by atoms with Crippen LogP contribution < -0.4 is 15.8 Å². The lowest BCUT2D eigenvalue weighted by Gasteiger charge is -2.12. The van der Waals surface area contributed by atoms with Gasteiger partial charge in [-0.25, -0.2) is 14.2 Å². The lowest BCUT2D eigenvalue weighted by molar-refractivity contribution is -0.118. The summed E-state index contributed by atoms with van der Waals surface area (Å²) in [6.07, 6.45) is 1.15. The minimum atomic E-state index is -0.834. The Morgan fingerprint density at radius 1 is 0.969 bits per heavy atom. The number of benzene rings is 2. The summed E-state index contributed by atoms with van der Waals surface area (Å²) in [4.78, 5) is 40.3. The third-order valence-electron chi connectivity index (χ3n) is 4.26. The van der Waals surface area contributed by atoms with Crippen LogP contribution in [-0.4, -0.2) is 29.3 Å². The Bertz CT molecular complexity index is 1100. The standard InChI is InChI=1S/C23H20FN3O5/c24-18-8-6-16(7-9-18)13-31-19-10-17(12-26-21(19)22(29)27-20(28)11-25)23(30)32-14-15-4-2-1-3-5-15/h1-10,12H,11,13-14,25H2,(H,27,28,29). The number of esters is 1. The van der Waals surface area contributed by atoms with E-state index in [-0.39, 0.29) is 36.8 Å². The first-order chi connectivity index (χ1) is 15.5. The molecule has 164 valence electrons. The molecule has 0 bridgehead atoms. The number of pyridine rings is 1. The molecule has 0 saturated carbocycles. The van der Waals surface area contributed by atoms with E-state index in [0.29, 0.717) is 5.56 Å². The second-order valence-corrected chi connectivity index (χ2v) is 6.63. The molecular formula is C23H20FN3O5. The fourth-order valence-electron chi connectivity index (χ4n) is 2.62. The summed E-state index contributed by atoms with van der Waals surface area (Å²) in [6, 6.07) is 16.0. The zero-order valence-electron chi connectivity index (χ0n) is 16.9. The second-order valence-electron chi connectivity index (χ2n) is 6.63. The van der Waals surface area contributed by atoms with Crippen molar-refractivity contribution in [2.75, 3.05) is 6.54 Å². The van der Waals surface area contributed by atoms with Crippen LogP contribution in [0, 0.1) is 5.82 Å². The van der Waals surface area contributed by atoms with Crippen molar-refractivity contribution in [3.8, 4) is 5.75 Å². The molecule has 9 heteroatoms. The number of nitrogens with one attached hydrogen (secondary N) is 1. The number of carbonyl (C=O) groups is 3. The van der Waals surface area contributed by atoms with Crippen LogP contribution in [0.4, 0.5) is 4.39 Å². The summed E-state index contributed by atoms with van der Waals surface area (Å²) in [5.41, 5.74) is 6.48. The van der Waals surface area contributed by atoms with E-state index in [1.165, 1.54) is 30.3 Å². The highest BCUT2D eigenvalue weighted by Crippen LogP contribution is 2.21. The molecule has 3 N–H and O–H groups in total. The fourth-order valence-corrected chi connectivity index (χ4v) is 2.62. The summed E-state index contributed by atoms with van der Waals surface area (Å²) in [5.74, 6) is -2.66. The molecule has 1 heterocycles. The van der Waals surface area contributed by atoms with Gasteiger partial charge in [0.1, 0.15) is 19.0 Å². The van der Waals surface area contributed by atoms with Gasteiger partial charge >= 0.3 is 5.97 Å². The van der Waals surface area contributed by atoms with Gasteiger partial charge in [-0.15, -0.1) is 0 Å². The first-order valence-corrected chi connectivity index (χ1v) is 9.59. The molecule has 0 aliphatic heterocycles. The van der Waals surface area contributed by atoms with Crippen molar-refractivity contribution in [1.29, 1.82) is 0 Å². The normalized spacial score (nSPS) is 10.3. The number of amides is 2. The van der Waals surface area contributed by atoms with Gasteiger partial charge in [0.15, 0.2) is 11.4 Å². The summed E-state index contributed by atoms with van der Waals surface area (Å²) in [5, 5.41) is 2.08. The number of hydrogen-bond donors (Lipinski definition) is 2. The van der Waals surface area contributed by atoms with Crippen LogP contribution in [-0.2, 0) is 22.7 Å². The summed E-state index contributed by atoms with van der Waals surface area (Å²) >= 11 is 0. The number of imide groups is 1. The Morgan fingerprint density at radius 3 is 2.34 bits per heavy atom. The molecule has 8 nitrogen and oxygen atoms in total. The summed E-state index contributed by atoms with van der Waals surface area (Å²) in [6.45, 7) is -0.365. The van der Waals surface area contributed by atoms with Gasteiger partial charge in [0, 0.05) is 6.20 Å². The van der Waals surface area contributed by atoms with E-state index in [1.54, 1.807) is 0 Å². The number of halogens is 1. The van der Waals surface area contributed by atoms with Crippen LogP contribution >= 0.6 is 0 Å². The molecule has 1 aromatic heterocycles. The SMILES string of the molecule is NCC(=O)NC(=O)c1ncc(C(=O)OCc2ccccc2)cc1OCc1ccc(F)cc1. The fraction of sp³-hybridized carbons (Fsp3) is 0.130. The lowest BCUT2D eigenvalue weighted by Crippen LogP contribution is -2.36. The zero-order valence-corrected chi connectivity index (χ0v) is 16.9. The van der Waals surface area contributed by atoms with Gasteiger partial charge in [0.2, 0.25) is 5.91 Å². The summed E-state index contributed by atoms with van der Waals surface area (Å²) in [7, 11) is 0. The maximum absolute atomic E-state index is 13.1. The number of aromatic nitrogens is 1. The molecule has 2 aromatic carbocycles. The molecule has 0 spiro atoms. The van der Waals surface area contributed by atoms with Crippen LogP contribution in [0.3, 0.4) is 0 Å². The van der Waals surface area contributed by atoms with Crippen molar-refractivity contribution < 1.29 is 28.2 Å². The molecule has 3 rings (SSSR count). The molecule has 0 fully saturated rings. The molecule has 2 amide bonds. The van der Waals surface area contributed by atoms with Crippen LogP contribution in [0.5, 0.6) is 5.75 Å². The number of ether oxygens (including phenoxy) is 2. The Hall–Kier alpha value is -4.11. The highest BCUT2D eigenvalue weighted by molar-refractivity contribution is 6.06. The lowest BCUT2D eigenvalue weighted by atomic mass is 10.2. The number of nitrogens with two attached hydrogens (primary N) is 1. The number of hydrogen-bond acceptors (Lipinski definition) is 7. The van der Waals surface area contributed by atoms with E-state index in [9.17, 15) is 18.8 Å². The van der Waals surface area contributed by atoms with E-state index in [1.807, 2.05) is 30.3 Å². The minimum absolute atomic E-state index is 0.0322. The Balaban J connectivity index is 1.79. The highest BCUT2D eigenvalue weighted by atomic mass is 19.1. The third-order valence-corrected chi connectivity index (χ3v) is 4.26. The second kappa shape index (κ2) is 10.8. The third kappa shape index (κ3) is 6.19. The first-order valence-electron chi connectivity index (χ1n) is 9.59. The molecule has 0 aliphatic rings. The van der Waals surface area contributed by atoms with Gasteiger partial charge < -0.3 is 15.2 Å². The van der Waals surface area contributed by atoms with Crippen molar-refractivity contribution in [3.05, 3.63) is 95.1 Å². The quantitative estimate of drug-likeness (QED) is 0.519. The number of carbonyl (C=O) groups excluding carboxylic acids is 3. The maximum Gasteiger partial charge on any atom is 0.340 e. The topological polar surface area (TPSA) is 121 Å². The highest BCUT2D eigenvalue weighted by Gasteiger charge is 2.20. The van der Waals surface area contributed by atoms with E-state index in [2.05, 4.69) is 10.3 Å². The Kier molecular flexibility index (Phi) is 7.60. The van der Waals surface area contributed by atoms with Crippen LogP contribution in [0.1, 0.15) is 32.0 Å². The van der Waals surface area contributed by atoms with Gasteiger partial charge in [-0.2, -0.15) is 0 Å². The van der Waals surface area contributed by atoms with E-state index >= 15 is 0 Å². The van der Waals surface area contributed by atoms with E-state index < -0.39 is 23.6 Å². The van der Waals surface area contributed by atoms with Gasteiger partial charge in [-0.1, -0.05) is 42.5 Å². The van der Waals surface area contributed by atoms with Crippen molar-refractivity contribution in [2.45, 2.75) is 13.2 Å². The zero-order chi connectivity index (χ0) is 22.9. The molecule has 0 saturated heterocycles. The van der Waals surface area contributed by atoms with Crippen LogP contribution in [0.2, 0.25) is 0 Å². The smallest absolute Gasteiger partial charge is 0.340 e. The van der Waals surface area contributed by atoms with Crippen LogP contribution in [0.15, 0.2) is 66.9 Å².